The highest BCUT2D eigenvalue weighted by Gasteiger charge is 2.10. The Morgan fingerprint density at radius 2 is 2.40 bits per heavy atom. The Kier molecular flexibility index (Phi) is 1.95. The van der Waals surface area contributed by atoms with Crippen molar-refractivity contribution in [3.05, 3.63) is 11.1 Å². The lowest BCUT2D eigenvalue weighted by Crippen LogP contribution is -1.95. The average Bonchev–Trinajstić information content (AvgIpc) is 2.12. The predicted octanol–water partition coefficient (Wildman–Crippen LogP) is 0.337. The van der Waals surface area contributed by atoms with E-state index in [1.54, 1.807) is 0 Å². The summed E-state index contributed by atoms with van der Waals surface area (Å²) in [5.74, 6) is -0.677. The number of hydrogen-bond acceptors (Lipinski definition) is 5. The Labute approximate surface area is 61.1 Å². The second kappa shape index (κ2) is 2.59. The van der Waals surface area contributed by atoms with E-state index >= 15 is 0 Å². The fourth-order valence-corrected chi connectivity index (χ4v) is 1.47. The van der Waals surface area contributed by atoms with E-state index in [4.69, 9.17) is 0 Å². The van der Waals surface area contributed by atoms with Crippen LogP contribution in [0.3, 0.4) is 0 Å². The van der Waals surface area contributed by atoms with Crippen LogP contribution in [0.15, 0.2) is 5.38 Å². The zero-order valence-corrected chi connectivity index (χ0v) is 6.32. The molecule has 56 valence electrons. The van der Waals surface area contributed by atoms with Crippen molar-refractivity contribution in [1.82, 2.24) is 9.59 Å². The van der Waals surface area contributed by atoms with Crippen molar-refractivity contribution in [2.24, 2.45) is 0 Å². The number of hydrogen-bond donors (Lipinski definition) is 0. The molecule has 0 aliphatic heterocycles. The maximum Gasteiger partial charge on any atom is 0.308 e. The highest BCUT2D eigenvalue weighted by molar-refractivity contribution is 7.85. The summed E-state index contributed by atoms with van der Waals surface area (Å²) in [6.07, 6.45) is 0. The molecule has 0 unspecified atom stereocenters. The van der Waals surface area contributed by atoms with Gasteiger partial charge in [-0.2, -0.15) is 8.42 Å². The van der Waals surface area contributed by atoms with E-state index in [-0.39, 0.29) is 5.69 Å². The molecule has 1 aromatic heterocycles. The Bertz CT molecular complexity index is 292. The molecule has 1 aromatic rings. The van der Waals surface area contributed by atoms with Gasteiger partial charge in [-0.15, -0.1) is 8.98 Å². The van der Waals surface area contributed by atoms with Crippen molar-refractivity contribution in [2.45, 2.75) is 5.75 Å². The largest absolute Gasteiger partial charge is 0.308 e. The molecule has 1 rings (SSSR count). The van der Waals surface area contributed by atoms with Gasteiger partial charge in [0.15, 0.2) is 0 Å². The zero-order valence-electron chi connectivity index (χ0n) is 4.69. The monoisotopic (exact) mass is 182 g/mol. The van der Waals surface area contributed by atoms with Crippen LogP contribution < -0.4 is 0 Å². The van der Waals surface area contributed by atoms with Crippen LogP contribution in [0.1, 0.15) is 5.69 Å². The number of nitrogens with zero attached hydrogens (tertiary/aromatic N) is 2. The molecule has 7 heteroatoms. The van der Waals surface area contributed by atoms with E-state index in [2.05, 4.69) is 9.59 Å². The molecule has 0 bridgehead atoms. The molecular formula is C3H3FN2O2S2. The van der Waals surface area contributed by atoms with Crippen LogP contribution >= 0.6 is 11.5 Å². The average molecular weight is 182 g/mol. The second-order valence-corrected chi connectivity index (χ2v) is 3.56. The smallest absolute Gasteiger partial charge is 0.194 e. The van der Waals surface area contributed by atoms with Gasteiger partial charge in [0.2, 0.25) is 0 Å². The Balaban J connectivity index is 2.75. The summed E-state index contributed by atoms with van der Waals surface area (Å²) in [6.45, 7) is 0. The van der Waals surface area contributed by atoms with Gasteiger partial charge in [0.1, 0.15) is 5.75 Å². The molecule has 0 N–H and O–H groups in total. The third kappa shape index (κ3) is 2.36. The first-order chi connectivity index (χ1) is 4.58. The number of halogens is 1. The highest BCUT2D eigenvalue weighted by Crippen LogP contribution is 2.04. The van der Waals surface area contributed by atoms with E-state index in [0.29, 0.717) is 0 Å². The van der Waals surface area contributed by atoms with Crippen LogP contribution in [0.2, 0.25) is 0 Å². The van der Waals surface area contributed by atoms with Gasteiger partial charge in [0, 0.05) is 5.38 Å². The van der Waals surface area contributed by atoms with E-state index in [1.807, 2.05) is 0 Å². The van der Waals surface area contributed by atoms with Crippen LogP contribution in [0.25, 0.3) is 0 Å². The zero-order chi connectivity index (χ0) is 7.61. The van der Waals surface area contributed by atoms with Crippen LogP contribution in [0.4, 0.5) is 3.89 Å². The van der Waals surface area contributed by atoms with Gasteiger partial charge in [-0.3, -0.25) is 0 Å². The number of aromatic nitrogens is 2. The van der Waals surface area contributed by atoms with Crippen molar-refractivity contribution in [2.75, 3.05) is 0 Å². The lowest BCUT2D eigenvalue weighted by molar-refractivity contribution is 0.550. The van der Waals surface area contributed by atoms with E-state index in [0.717, 1.165) is 11.5 Å². The molecule has 0 fully saturated rings. The minimum Gasteiger partial charge on any atom is -0.194 e. The lowest BCUT2D eigenvalue weighted by atomic mass is 10.6. The quantitative estimate of drug-likeness (QED) is 0.619. The lowest BCUT2D eigenvalue weighted by Gasteiger charge is -1.84. The molecule has 4 nitrogen and oxygen atoms in total. The standard InChI is InChI=1S/C3H3FN2O2S2/c4-10(7,8)2-3-1-9-6-5-3/h1H,2H2. The van der Waals surface area contributed by atoms with Crippen molar-refractivity contribution in [3.8, 4) is 0 Å². The SMILES string of the molecule is O=S(=O)(F)Cc1csnn1. The van der Waals surface area contributed by atoms with Gasteiger partial charge in [0.25, 0.3) is 0 Å². The Hall–Kier alpha value is -0.560. The van der Waals surface area contributed by atoms with Gasteiger partial charge >= 0.3 is 10.2 Å². The first kappa shape index (κ1) is 7.55. The molecular weight excluding hydrogens is 179 g/mol. The van der Waals surface area contributed by atoms with Crippen LogP contribution in [0.5, 0.6) is 0 Å². The van der Waals surface area contributed by atoms with Crippen LogP contribution in [-0.4, -0.2) is 18.0 Å². The van der Waals surface area contributed by atoms with Crippen LogP contribution in [0, 0.1) is 0 Å². The van der Waals surface area contributed by atoms with E-state index in [9.17, 15) is 12.3 Å². The third-order valence-electron chi connectivity index (χ3n) is 0.725. The van der Waals surface area contributed by atoms with Gasteiger partial charge < -0.3 is 0 Å². The topological polar surface area (TPSA) is 59.9 Å². The molecule has 0 aliphatic rings. The number of rotatable bonds is 2. The minimum atomic E-state index is -4.44. The molecule has 1 heterocycles. The molecule has 0 aliphatic carbocycles. The minimum absolute atomic E-state index is 0.146. The van der Waals surface area contributed by atoms with Gasteiger partial charge in [-0.05, 0) is 11.5 Å². The maximum atomic E-state index is 11.9. The van der Waals surface area contributed by atoms with Gasteiger partial charge in [0.05, 0.1) is 5.69 Å². The first-order valence-corrected chi connectivity index (χ1v) is 4.65. The van der Waals surface area contributed by atoms with Crippen LogP contribution in [-0.2, 0) is 16.0 Å². The summed E-state index contributed by atoms with van der Waals surface area (Å²) in [5, 5.41) is 4.74. The fraction of sp³-hybridized carbons (Fsp3) is 0.333. The highest BCUT2D eigenvalue weighted by atomic mass is 32.3. The summed E-state index contributed by atoms with van der Waals surface area (Å²) in [5.41, 5.74) is 0.146. The van der Waals surface area contributed by atoms with Crippen molar-refractivity contribution in [1.29, 1.82) is 0 Å². The van der Waals surface area contributed by atoms with Crippen molar-refractivity contribution >= 4 is 21.8 Å². The summed E-state index contributed by atoms with van der Waals surface area (Å²) in [6, 6.07) is 0. The summed E-state index contributed by atoms with van der Waals surface area (Å²) in [7, 11) is -4.44. The van der Waals surface area contributed by atoms with Crippen molar-refractivity contribution in [3.63, 3.8) is 0 Å². The summed E-state index contributed by atoms with van der Waals surface area (Å²) >= 11 is 0.988. The fourth-order valence-electron chi connectivity index (χ4n) is 0.424. The second-order valence-electron chi connectivity index (χ2n) is 1.58. The summed E-state index contributed by atoms with van der Waals surface area (Å²) in [4.78, 5) is 0. The van der Waals surface area contributed by atoms with E-state index < -0.39 is 16.0 Å². The molecule has 0 saturated carbocycles. The first-order valence-electron chi connectivity index (χ1n) is 2.26. The Morgan fingerprint density at radius 1 is 1.70 bits per heavy atom. The molecule has 0 spiro atoms. The molecule has 0 amide bonds. The van der Waals surface area contributed by atoms with E-state index in [1.165, 1.54) is 5.38 Å². The normalized spacial score (nSPS) is 11.7. The van der Waals surface area contributed by atoms with Crippen molar-refractivity contribution < 1.29 is 12.3 Å². The molecule has 0 saturated heterocycles. The molecule has 0 aromatic carbocycles. The summed E-state index contributed by atoms with van der Waals surface area (Å²) < 4.78 is 35.2. The molecule has 0 radical (unpaired) electrons. The predicted molar refractivity (Wildman–Crippen MR) is 33.6 cm³/mol. The van der Waals surface area contributed by atoms with Gasteiger partial charge in [-0.1, -0.05) is 4.49 Å². The Morgan fingerprint density at radius 3 is 2.80 bits per heavy atom. The third-order valence-corrected chi connectivity index (χ3v) is 1.92. The molecule has 0 atom stereocenters. The van der Waals surface area contributed by atoms with Gasteiger partial charge in [-0.25, -0.2) is 0 Å². The maximum absolute atomic E-state index is 11.9. The molecule has 10 heavy (non-hydrogen) atoms.